The molecule has 2 aromatic rings. The summed E-state index contributed by atoms with van der Waals surface area (Å²) in [6.45, 7) is 6.44. The lowest BCUT2D eigenvalue weighted by Crippen LogP contribution is -2.39. The van der Waals surface area contributed by atoms with Gasteiger partial charge in [0.05, 0.1) is 12.0 Å². The zero-order valence-electron chi connectivity index (χ0n) is 15.5. The number of hydrogen-bond acceptors (Lipinski definition) is 3. The minimum absolute atomic E-state index is 0.0465. The molecule has 0 saturated heterocycles. The third-order valence-corrected chi connectivity index (χ3v) is 3.68. The van der Waals surface area contributed by atoms with Crippen LogP contribution >= 0.6 is 0 Å². The minimum atomic E-state index is -0.624. The Morgan fingerprint density at radius 3 is 2.50 bits per heavy atom. The third-order valence-electron chi connectivity index (χ3n) is 3.68. The van der Waals surface area contributed by atoms with E-state index in [4.69, 9.17) is 10.5 Å². The molecule has 2 rings (SSSR count). The smallest absolute Gasteiger partial charge is 0.227 e. The maximum atomic E-state index is 12.0. The van der Waals surface area contributed by atoms with Crippen LogP contribution in [0.3, 0.4) is 0 Å². The monoisotopic (exact) mass is 354 g/mol. The summed E-state index contributed by atoms with van der Waals surface area (Å²) in [5, 5.41) is 5.83. The second-order valence-corrected chi connectivity index (χ2v) is 6.51. The molecular formula is C20H26N4O2. The highest BCUT2D eigenvalue weighted by Gasteiger charge is 2.26. The van der Waals surface area contributed by atoms with Crippen molar-refractivity contribution >= 4 is 17.6 Å². The lowest BCUT2D eigenvalue weighted by Gasteiger charge is -2.21. The van der Waals surface area contributed by atoms with Crippen molar-refractivity contribution in [2.45, 2.75) is 20.8 Å². The van der Waals surface area contributed by atoms with Crippen molar-refractivity contribution < 1.29 is 9.53 Å². The van der Waals surface area contributed by atoms with Crippen molar-refractivity contribution in [3.8, 4) is 11.5 Å². The lowest BCUT2D eigenvalue weighted by atomic mass is 9.92. The molecule has 0 spiro atoms. The topological polar surface area (TPSA) is 88.7 Å². The number of aliphatic imine (C=N–C) groups is 1. The first kappa shape index (κ1) is 19.3. The molecule has 138 valence electrons. The molecule has 6 nitrogen and oxygen atoms in total. The van der Waals surface area contributed by atoms with E-state index in [2.05, 4.69) is 15.6 Å². The largest absolute Gasteiger partial charge is 0.457 e. The summed E-state index contributed by atoms with van der Waals surface area (Å²) in [5.41, 5.74) is 6.09. The zero-order chi connectivity index (χ0) is 19.0. The van der Waals surface area contributed by atoms with Crippen LogP contribution in [0.15, 0.2) is 59.6 Å². The number of nitrogens with one attached hydrogen (secondary N) is 2. The van der Waals surface area contributed by atoms with E-state index < -0.39 is 5.41 Å². The van der Waals surface area contributed by atoms with Gasteiger partial charge in [0.15, 0.2) is 5.96 Å². The maximum Gasteiger partial charge on any atom is 0.227 e. The molecule has 0 heterocycles. The van der Waals surface area contributed by atoms with E-state index in [0.717, 1.165) is 11.4 Å². The highest BCUT2D eigenvalue weighted by atomic mass is 16.5. The molecule has 0 radical (unpaired) electrons. The van der Waals surface area contributed by atoms with Crippen molar-refractivity contribution in [2.24, 2.45) is 16.1 Å². The van der Waals surface area contributed by atoms with Gasteiger partial charge in [-0.15, -0.1) is 0 Å². The van der Waals surface area contributed by atoms with Crippen LogP contribution < -0.4 is 21.1 Å². The summed E-state index contributed by atoms with van der Waals surface area (Å²) < 4.78 is 5.80. The highest BCUT2D eigenvalue weighted by Crippen LogP contribution is 2.23. The van der Waals surface area contributed by atoms with E-state index in [1.807, 2.05) is 75.4 Å². The van der Waals surface area contributed by atoms with Gasteiger partial charge in [0.25, 0.3) is 0 Å². The van der Waals surface area contributed by atoms with E-state index in [9.17, 15) is 4.79 Å². The van der Waals surface area contributed by atoms with E-state index in [-0.39, 0.29) is 18.4 Å². The number of nitrogens with two attached hydrogens (primary N) is 1. The SMILES string of the molecule is CCNC(=O)C(C)(C)CN=C(N)Nc1cccc(Oc2ccccc2)c1. The second-order valence-electron chi connectivity index (χ2n) is 6.51. The first-order valence-electron chi connectivity index (χ1n) is 8.59. The Hall–Kier alpha value is -3.02. The fourth-order valence-corrected chi connectivity index (χ4v) is 2.20. The number of carbonyl (C=O) groups is 1. The number of guanidine groups is 1. The number of benzene rings is 2. The van der Waals surface area contributed by atoms with Gasteiger partial charge in [-0.25, -0.2) is 0 Å². The zero-order valence-corrected chi connectivity index (χ0v) is 15.5. The van der Waals surface area contributed by atoms with E-state index >= 15 is 0 Å². The van der Waals surface area contributed by atoms with Crippen molar-refractivity contribution in [3.63, 3.8) is 0 Å². The van der Waals surface area contributed by atoms with Crippen LogP contribution in [0.4, 0.5) is 5.69 Å². The summed E-state index contributed by atoms with van der Waals surface area (Å²) in [6.07, 6.45) is 0. The van der Waals surface area contributed by atoms with Crippen LogP contribution in [-0.2, 0) is 4.79 Å². The summed E-state index contributed by atoms with van der Waals surface area (Å²) in [5.74, 6) is 1.65. The Balaban J connectivity index is 1.99. The average Bonchev–Trinajstić information content (AvgIpc) is 2.61. The predicted octanol–water partition coefficient (Wildman–Crippen LogP) is 3.37. The number of hydrogen-bond donors (Lipinski definition) is 3. The van der Waals surface area contributed by atoms with Crippen LogP contribution in [0, 0.1) is 5.41 Å². The van der Waals surface area contributed by atoms with Crippen molar-refractivity contribution in [1.82, 2.24) is 5.32 Å². The van der Waals surface area contributed by atoms with E-state index in [1.54, 1.807) is 0 Å². The molecule has 0 bridgehead atoms. The Morgan fingerprint density at radius 1 is 1.12 bits per heavy atom. The first-order valence-corrected chi connectivity index (χ1v) is 8.59. The van der Waals surface area contributed by atoms with Crippen molar-refractivity contribution in [1.29, 1.82) is 0 Å². The maximum absolute atomic E-state index is 12.0. The molecule has 1 amide bonds. The molecule has 2 aromatic carbocycles. The summed E-state index contributed by atoms with van der Waals surface area (Å²) in [4.78, 5) is 16.3. The molecule has 0 fully saturated rings. The number of rotatable bonds is 7. The Bertz CT molecular complexity index is 757. The molecule has 0 atom stereocenters. The fraction of sp³-hybridized carbons (Fsp3) is 0.300. The Morgan fingerprint density at radius 2 is 1.81 bits per heavy atom. The van der Waals surface area contributed by atoms with E-state index in [1.165, 1.54) is 0 Å². The van der Waals surface area contributed by atoms with Crippen LogP contribution in [-0.4, -0.2) is 25.0 Å². The molecular weight excluding hydrogens is 328 g/mol. The highest BCUT2D eigenvalue weighted by molar-refractivity contribution is 5.92. The van der Waals surface area contributed by atoms with Gasteiger partial charge >= 0.3 is 0 Å². The molecule has 0 aliphatic carbocycles. The molecule has 4 N–H and O–H groups in total. The molecule has 0 saturated carbocycles. The van der Waals surface area contributed by atoms with Gasteiger partial charge in [0, 0.05) is 18.3 Å². The standard InChI is InChI=1S/C20H26N4O2/c1-4-22-18(25)20(2,3)14-23-19(21)24-15-9-8-12-17(13-15)26-16-10-6-5-7-11-16/h5-13H,4,14H2,1-3H3,(H,22,25)(H3,21,23,24). The molecule has 26 heavy (non-hydrogen) atoms. The number of nitrogens with zero attached hydrogens (tertiary/aromatic N) is 1. The number of carbonyl (C=O) groups excluding carboxylic acids is 1. The van der Waals surface area contributed by atoms with Gasteiger partial charge < -0.3 is 21.1 Å². The van der Waals surface area contributed by atoms with Crippen LogP contribution in [0.5, 0.6) is 11.5 Å². The first-order chi connectivity index (χ1) is 12.4. The number of anilines is 1. The van der Waals surface area contributed by atoms with Gasteiger partial charge in [-0.1, -0.05) is 24.3 Å². The van der Waals surface area contributed by atoms with Crippen LogP contribution in [0.2, 0.25) is 0 Å². The third kappa shape index (κ3) is 5.81. The van der Waals surface area contributed by atoms with Gasteiger partial charge in [-0.05, 0) is 45.0 Å². The van der Waals surface area contributed by atoms with Gasteiger partial charge in [-0.3, -0.25) is 9.79 Å². The lowest BCUT2D eigenvalue weighted by molar-refractivity contribution is -0.128. The second kappa shape index (κ2) is 8.89. The molecule has 6 heteroatoms. The number of para-hydroxylation sites is 1. The quantitative estimate of drug-likeness (QED) is 0.525. The molecule has 0 aliphatic rings. The summed E-state index contributed by atoms with van der Waals surface area (Å²) >= 11 is 0. The normalized spacial score (nSPS) is 11.7. The molecule has 0 unspecified atom stereocenters. The molecule has 0 aliphatic heterocycles. The van der Waals surface area contributed by atoms with Gasteiger partial charge in [0.1, 0.15) is 11.5 Å². The van der Waals surface area contributed by atoms with Crippen molar-refractivity contribution in [3.05, 3.63) is 54.6 Å². The fourth-order valence-electron chi connectivity index (χ4n) is 2.20. The van der Waals surface area contributed by atoms with Gasteiger partial charge in [0.2, 0.25) is 5.91 Å². The van der Waals surface area contributed by atoms with E-state index in [0.29, 0.717) is 12.3 Å². The van der Waals surface area contributed by atoms with Crippen LogP contribution in [0.25, 0.3) is 0 Å². The van der Waals surface area contributed by atoms with Gasteiger partial charge in [-0.2, -0.15) is 0 Å². The number of amides is 1. The Labute approximate surface area is 154 Å². The summed E-state index contributed by atoms with van der Waals surface area (Å²) in [7, 11) is 0. The Kier molecular flexibility index (Phi) is 6.60. The van der Waals surface area contributed by atoms with Crippen molar-refractivity contribution in [2.75, 3.05) is 18.4 Å². The number of ether oxygens (including phenoxy) is 1. The van der Waals surface area contributed by atoms with Crippen LogP contribution in [0.1, 0.15) is 20.8 Å². The predicted molar refractivity (Wildman–Crippen MR) is 106 cm³/mol. The average molecular weight is 354 g/mol. The summed E-state index contributed by atoms with van der Waals surface area (Å²) in [6, 6.07) is 17.0. The minimum Gasteiger partial charge on any atom is -0.457 e. The molecule has 0 aromatic heterocycles.